The van der Waals surface area contributed by atoms with Crippen molar-refractivity contribution in [2.24, 2.45) is 5.92 Å². The van der Waals surface area contributed by atoms with E-state index in [2.05, 4.69) is 12.2 Å². The van der Waals surface area contributed by atoms with Gasteiger partial charge >= 0.3 is 0 Å². The fourth-order valence-electron chi connectivity index (χ4n) is 1.89. The molecule has 0 aliphatic heterocycles. The monoisotopic (exact) mass is 207 g/mol. The van der Waals surface area contributed by atoms with Gasteiger partial charge in [0, 0.05) is 12.6 Å². The SMILES string of the molecule is Cc1cc(F)ccc1CNC(C)C1CC1. The minimum absolute atomic E-state index is 0.147. The van der Waals surface area contributed by atoms with Crippen molar-refractivity contribution >= 4 is 0 Å². The molecule has 1 saturated carbocycles. The number of rotatable bonds is 4. The number of aryl methyl sites for hydroxylation is 1. The van der Waals surface area contributed by atoms with Crippen LogP contribution in [-0.4, -0.2) is 6.04 Å². The van der Waals surface area contributed by atoms with Crippen LogP contribution in [0.3, 0.4) is 0 Å². The molecule has 0 spiro atoms. The maximum absolute atomic E-state index is 12.9. The summed E-state index contributed by atoms with van der Waals surface area (Å²) in [6.45, 7) is 5.04. The molecule has 0 radical (unpaired) electrons. The Kier molecular flexibility index (Phi) is 3.06. The Morgan fingerprint density at radius 1 is 1.47 bits per heavy atom. The molecule has 1 aliphatic carbocycles. The van der Waals surface area contributed by atoms with E-state index in [0.717, 1.165) is 18.0 Å². The van der Waals surface area contributed by atoms with Gasteiger partial charge in [0.15, 0.2) is 0 Å². The highest BCUT2D eigenvalue weighted by atomic mass is 19.1. The molecule has 0 saturated heterocycles. The molecule has 1 atom stereocenters. The zero-order valence-corrected chi connectivity index (χ0v) is 9.39. The van der Waals surface area contributed by atoms with Gasteiger partial charge in [0.05, 0.1) is 0 Å². The summed E-state index contributed by atoms with van der Waals surface area (Å²) in [4.78, 5) is 0. The van der Waals surface area contributed by atoms with Gasteiger partial charge in [-0.15, -0.1) is 0 Å². The average molecular weight is 207 g/mol. The fourth-order valence-corrected chi connectivity index (χ4v) is 1.89. The molecule has 1 unspecified atom stereocenters. The van der Waals surface area contributed by atoms with Crippen molar-refractivity contribution in [3.63, 3.8) is 0 Å². The zero-order chi connectivity index (χ0) is 10.8. The first-order chi connectivity index (χ1) is 7.16. The lowest BCUT2D eigenvalue weighted by atomic mass is 10.1. The van der Waals surface area contributed by atoms with Crippen molar-refractivity contribution in [1.82, 2.24) is 5.32 Å². The van der Waals surface area contributed by atoms with E-state index >= 15 is 0 Å². The summed E-state index contributed by atoms with van der Waals surface area (Å²) in [6.07, 6.45) is 2.72. The van der Waals surface area contributed by atoms with E-state index in [1.807, 2.05) is 13.0 Å². The maximum atomic E-state index is 12.9. The van der Waals surface area contributed by atoms with E-state index < -0.39 is 0 Å². The van der Waals surface area contributed by atoms with Crippen LogP contribution in [0.25, 0.3) is 0 Å². The Labute approximate surface area is 90.7 Å². The summed E-state index contributed by atoms with van der Waals surface area (Å²) in [5.41, 5.74) is 2.23. The first kappa shape index (κ1) is 10.6. The highest BCUT2D eigenvalue weighted by Gasteiger charge is 2.27. The largest absolute Gasteiger partial charge is 0.310 e. The second kappa shape index (κ2) is 4.31. The molecule has 0 bridgehead atoms. The molecule has 1 aliphatic rings. The number of benzene rings is 1. The van der Waals surface area contributed by atoms with Gasteiger partial charge in [-0.3, -0.25) is 0 Å². The Morgan fingerprint density at radius 3 is 2.80 bits per heavy atom. The number of halogens is 1. The van der Waals surface area contributed by atoms with E-state index in [4.69, 9.17) is 0 Å². The van der Waals surface area contributed by atoms with Gasteiger partial charge in [0.25, 0.3) is 0 Å². The summed E-state index contributed by atoms with van der Waals surface area (Å²) in [6, 6.07) is 5.59. The maximum Gasteiger partial charge on any atom is 0.123 e. The quantitative estimate of drug-likeness (QED) is 0.800. The summed E-state index contributed by atoms with van der Waals surface area (Å²) in [5.74, 6) is 0.720. The van der Waals surface area contributed by atoms with Crippen LogP contribution in [0.15, 0.2) is 18.2 Å². The van der Waals surface area contributed by atoms with Crippen LogP contribution in [0.4, 0.5) is 4.39 Å². The highest BCUT2D eigenvalue weighted by molar-refractivity contribution is 5.26. The van der Waals surface area contributed by atoms with Crippen LogP contribution in [0.1, 0.15) is 30.9 Å². The van der Waals surface area contributed by atoms with Crippen molar-refractivity contribution in [2.45, 2.75) is 39.3 Å². The van der Waals surface area contributed by atoms with Gasteiger partial charge in [-0.2, -0.15) is 0 Å². The van der Waals surface area contributed by atoms with E-state index in [-0.39, 0.29) is 5.82 Å². The Balaban J connectivity index is 1.92. The predicted molar refractivity (Wildman–Crippen MR) is 60.2 cm³/mol. The van der Waals surface area contributed by atoms with Crippen molar-refractivity contribution in [3.8, 4) is 0 Å². The van der Waals surface area contributed by atoms with Crippen LogP contribution < -0.4 is 5.32 Å². The minimum Gasteiger partial charge on any atom is -0.310 e. The van der Waals surface area contributed by atoms with Crippen LogP contribution in [-0.2, 0) is 6.54 Å². The van der Waals surface area contributed by atoms with Gasteiger partial charge in [-0.05, 0) is 55.9 Å². The zero-order valence-electron chi connectivity index (χ0n) is 9.39. The second-order valence-electron chi connectivity index (χ2n) is 4.58. The predicted octanol–water partition coefficient (Wildman–Crippen LogP) is 3.02. The van der Waals surface area contributed by atoms with Gasteiger partial charge in [0.2, 0.25) is 0 Å². The number of hydrogen-bond acceptors (Lipinski definition) is 1. The van der Waals surface area contributed by atoms with E-state index in [0.29, 0.717) is 6.04 Å². The van der Waals surface area contributed by atoms with Crippen molar-refractivity contribution < 1.29 is 4.39 Å². The standard InChI is InChI=1S/C13H18FN/c1-9-7-13(14)6-5-12(9)8-15-10(2)11-3-4-11/h5-7,10-11,15H,3-4,8H2,1-2H3. The van der Waals surface area contributed by atoms with Gasteiger partial charge in [-0.25, -0.2) is 4.39 Å². The van der Waals surface area contributed by atoms with Gasteiger partial charge in [-0.1, -0.05) is 6.07 Å². The summed E-state index contributed by atoms with van der Waals surface area (Å²) >= 11 is 0. The molecular formula is C13H18FN. The van der Waals surface area contributed by atoms with Crippen molar-refractivity contribution in [2.75, 3.05) is 0 Å². The van der Waals surface area contributed by atoms with Crippen LogP contribution in [0, 0.1) is 18.7 Å². The Bertz CT molecular complexity index is 344. The molecule has 0 amide bonds. The van der Waals surface area contributed by atoms with Crippen molar-refractivity contribution in [1.29, 1.82) is 0 Å². The lowest BCUT2D eigenvalue weighted by Gasteiger charge is -2.13. The smallest absolute Gasteiger partial charge is 0.123 e. The summed E-state index contributed by atoms with van der Waals surface area (Å²) < 4.78 is 12.9. The molecule has 15 heavy (non-hydrogen) atoms. The molecule has 0 aromatic heterocycles. The third-order valence-electron chi connectivity index (χ3n) is 3.25. The molecule has 82 valence electrons. The average Bonchev–Trinajstić information content (AvgIpc) is 2.99. The van der Waals surface area contributed by atoms with Gasteiger partial charge < -0.3 is 5.32 Å². The second-order valence-corrected chi connectivity index (χ2v) is 4.58. The first-order valence-corrected chi connectivity index (χ1v) is 5.65. The summed E-state index contributed by atoms with van der Waals surface area (Å²) in [5, 5.41) is 3.50. The highest BCUT2D eigenvalue weighted by Crippen LogP contribution is 2.32. The summed E-state index contributed by atoms with van der Waals surface area (Å²) in [7, 11) is 0. The topological polar surface area (TPSA) is 12.0 Å². The van der Waals surface area contributed by atoms with E-state index in [1.54, 1.807) is 6.07 Å². The Hall–Kier alpha value is -0.890. The van der Waals surface area contributed by atoms with Crippen LogP contribution in [0.5, 0.6) is 0 Å². The normalized spacial score (nSPS) is 17.8. The van der Waals surface area contributed by atoms with Gasteiger partial charge in [0.1, 0.15) is 5.82 Å². The van der Waals surface area contributed by atoms with E-state index in [1.165, 1.54) is 24.5 Å². The molecule has 2 heteroatoms. The van der Waals surface area contributed by atoms with Crippen molar-refractivity contribution in [3.05, 3.63) is 35.1 Å². The Morgan fingerprint density at radius 2 is 2.20 bits per heavy atom. The molecule has 1 aromatic rings. The number of hydrogen-bond donors (Lipinski definition) is 1. The molecule has 1 nitrogen and oxygen atoms in total. The molecule has 1 N–H and O–H groups in total. The molecule has 1 aromatic carbocycles. The molecule has 1 fully saturated rings. The fraction of sp³-hybridized carbons (Fsp3) is 0.538. The minimum atomic E-state index is -0.147. The lowest BCUT2D eigenvalue weighted by molar-refractivity contribution is 0.495. The van der Waals surface area contributed by atoms with Crippen LogP contribution >= 0.6 is 0 Å². The molecule has 0 heterocycles. The first-order valence-electron chi connectivity index (χ1n) is 5.65. The number of nitrogens with one attached hydrogen (secondary N) is 1. The lowest BCUT2D eigenvalue weighted by Crippen LogP contribution is -2.27. The third-order valence-corrected chi connectivity index (χ3v) is 3.25. The molecular weight excluding hydrogens is 189 g/mol. The molecule has 2 rings (SSSR count). The third kappa shape index (κ3) is 2.78. The van der Waals surface area contributed by atoms with E-state index in [9.17, 15) is 4.39 Å². The van der Waals surface area contributed by atoms with Crippen LogP contribution in [0.2, 0.25) is 0 Å².